The van der Waals surface area contributed by atoms with Crippen molar-refractivity contribution in [1.29, 1.82) is 0 Å². The van der Waals surface area contributed by atoms with Gasteiger partial charge in [-0.25, -0.2) is 4.39 Å². The highest BCUT2D eigenvalue weighted by atomic mass is 32.2. The zero-order valence-electron chi connectivity index (χ0n) is 14.2. The number of hydrogen-bond donors (Lipinski definition) is 2. The van der Waals surface area contributed by atoms with E-state index >= 15 is 0 Å². The molecule has 11 heteroatoms. The van der Waals surface area contributed by atoms with Crippen molar-refractivity contribution in [3.63, 3.8) is 0 Å². The van der Waals surface area contributed by atoms with Crippen LogP contribution in [0.15, 0.2) is 50.8 Å². The maximum absolute atomic E-state index is 13.9. The first-order chi connectivity index (χ1) is 13.0. The molecule has 0 fully saturated rings. The Morgan fingerprint density at radius 3 is 2.64 bits per heavy atom. The Labute approximate surface area is 164 Å². The Balaban J connectivity index is 1.97. The summed E-state index contributed by atoms with van der Waals surface area (Å²) in [5.41, 5.74) is -3.64. The molecule has 28 heavy (non-hydrogen) atoms. The molecular formula is C17H13F4NO4S2. The lowest BCUT2D eigenvalue weighted by Gasteiger charge is -2.28. The number of carbonyl (C=O) groups excluding carboxylic acids is 1. The molecular weight excluding hydrogens is 422 g/mol. The number of allylic oxidation sites excluding steroid dienone is 2. The molecule has 2 heterocycles. The van der Waals surface area contributed by atoms with Gasteiger partial charge in [0.15, 0.2) is 0 Å². The lowest BCUT2D eigenvalue weighted by molar-refractivity contribution is -0.136. The lowest BCUT2D eigenvalue weighted by Crippen LogP contribution is -2.36. The number of carboxylic acid groups (broad SMARTS) is 1. The van der Waals surface area contributed by atoms with Gasteiger partial charge in [-0.2, -0.15) is 13.2 Å². The fourth-order valence-electron chi connectivity index (χ4n) is 3.21. The number of alkyl halides is 3. The van der Waals surface area contributed by atoms with Crippen molar-refractivity contribution in [3.8, 4) is 0 Å². The predicted octanol–water partition coefficient (Wildman–Crippen LogP) is 5.00. The topological polar surface area (TPSA) is 77.8 Å². The summed E-state index contributed by atoms with van der Waals surface area (Å²) >= 11 is 0.312. The van der Waals surface area contributed by atoms with E-state index < -0.39 is 41.4 Å². The van der Waals surface area contributed by atoms with Crippen molar-refractivity contribution >= 4 is 35.0 Å². The number of rotatable bonds is 4. The van der Waals surface area contributed by atoms with Gasteiger partial charge in [0.25, 0.3) is 5.91 Å². The van der Waals surface area contributed by atoms with Gasteiger partial charge >= 0.3 is 11.5 Å². The molecule has 2 aliphatic rings. The molecule has 2 N–H and O–H groups in total. The van der Waals surface area contributed by atoms with Crippen molar-refractivity contribution in [3.05, 3.63) is 51.5 Å². The number of thioether (sulfide) groups is 1. The molecule has 0 saturated carbocycles. The Morgan fingerprint density at radius 1 is 1.36 bits per heavy atom. The number of carbonyl (C=O) groups is 2. The smallest absolute Gasteiger partial charge is 0.447 e. The van der Waals surface area contributed by atoms with E-state index in [1.165, 1.54) is 24.0 Å². The number of thiophene rings is 1. The van der Waals surface area contributed by atoms with Gasteiger partial charge in [0, 0.05) is 12.1 Å². The van der Waals surface area contributed by atoms with Gasteiger partial charge in [0.1, 0.15) is 11.6 Å². The van der Waals surface area contributed by atoms with Gasteiger partial charge in [-0.1, -0.05) is 0 Å². The molecule has 1 aromatic heterocycles. The summed E-state index contributed by atoms with van der Waals surface area (Å²) in [4.78, 5) is 25.3. The third kappa shape index (κ3) is 3.95. The van der Waals surface area contributed by atoms with Crippen LogP contribution in [-0.4, -0.2) is 38.5 Å². The van der Waals surface area contributed by atoms with Crippen molar-refractivity contribution in [1.82, 2.24) is 4.90 Å². The summed E-state index contributed by atoms with van der Waals surface area (Å²) in [6.45, 7) is 1.49. The molecule has 150 valence electrons. The van der Waals surface area contributed by atoms with Crippen molar-refractivity contribution < 1.29 is 37.4 Å². The first-order valence-electron chi connectivity index (χ1n) is 7.88. The second-order valence-electron chi connectivity index (χ2n) is 6.09. The second kappa shape index (κ2) is 7.28. The molecule has 1 amide bonds. The average molecular weight is 435 g/mol. The largest absolute Gasteiger partial charge is 0.505 e. The molecule has 1 aliphatic carbocycles. The minimum Gasteiger partial charge on any atom is -0.505 e. The summed E-state index contributed by atoms with van der Waals surface area (Å²) in [5.74, 6) is -3.30. The average Bonchev–Trinajstić information content (AvgIpc) is 3.10. The number of hydrogen-bond acceptors (Lipinski definition) is 5. The molecule has 0 spiro atoms. The molecule has 0 bridgehead atoms. The highest BCUT2D eigenvalue weighted by molar-refractivity contribution is 8.02. The summed E-state index contributed by atoms with van der Waals surface area (Å²) in [6, 6.07) is 1.56. The lowest BCUT2D eigenvalue weighted by atomic mass is 9.92. The maximum atomic E-state index is 13.9. The number of halogens is 4. The molecule has 3 rings (SSSR count). The van der Waals surface area contributed by atoms with Gasteiger partial charge in [0.05, 0.1) is 21.5 Å². The van der Waals surface area contributed by atoms with Crippen molar-refractivity contribution in [2.24, 2.45) is 0 Å². The standard InChI is InChI=1S/C17H13F4NO4S2/c1-7-8(5-14(24)25)9-4-12(23)10(18)6-11(9)22(7)16(26)13-2-3-15(27-13)28-17(19,20)21/h2-4,11,23H,5-6H2,1H3,(H,24,25). The van der Waals surface area contributed by atoms with Crippen LogP contribution in [0.5, 0.6) is 0 Å². The Kier molecular flexibility index (Phi) is 5.32. The van der Waals surface area contributed by atoms with Gasteiger partial charge in [-0.3, -0.25) is 9.59 Å². The minimum atomic E-state index is -4.49. The van der Waals surface area contributed by atoms with Gasteiger partial charge in [0.2, 0.25) is 0 Å². The van der Waals surface area contributed by atoms with Crippen LogP contribution in [0.3, 0.4) is 0 Å². The number of carboxylic acids is 1. The van der Waals surface area contributed by atoms with E-state index in [1.807, 2.05) is 0 Å². The summed E-state index contributed by atoms with van der Waals surface area (Å²) in [6.07, 6.45) is 0.309. The van der Waals surface area contributed by atoms with Crippen molar-refractivity contribution in [2.45, 2.75) is 35.5 Å². The highest BCUT2D eigenvalue weighted by Crippen LogP contribution is 2.44. The second-order valence-corrected chi connectivity index (χ2v) is 8.53. The van der Waals surface area contributed by atoms with Gasteiger partial charge in [-0.05, 0) is 48.0 Å². The van der Waals surface area contributed by atoms with Crippen LogP contribution in [0, 0.1) is 0 Å². The molecule has 0 radical (unpaired) electrons. The molecule has 1 unspecified atom stereocenters. The molecule has 5 nitrogen and oxygen atoms in total. The number of aliphatic hydroxyl groups excluding tert-OH is 1. The molecule has 1 atom stereocenters. The van der Waals surface area contributed by atoms with E-state index in [-0.39, 0.29) is 38.5 Å². The Morgan fingerprint density at radius 2 is 2.04 bits per heavy atom. The van der Waals surface area contributed by atoms with Crippen LogP contribution in [0.25, 0.3) is 0 Å². The summed E-state index contributed by atoms with van der Waals surface area (Å²) in [7, 11) is 0. The molecule has 1 aromatic rings. The van der Waals surface area contributed by atoms with Crippen LogP contribution in [-0.2, 0) is 4.79 Å². The number of aliphatic hydroxyl groups is 1. The number of fused-ring (bicyclic) bond motifs is 1. The SMILES string of the molecule is CC1=C(CC(=O)O)C2=CC(O)=C(F)CC2N1C(=O)c1ccc(SC(F)(F)F)s1. The van der Waals surface area contributed by atoms with E-state index in [2.05, 4.69) is 0 Å². The fourth-order valence-corrected chi connectivity index (χ4v) is 4.97. The van der Waals surface area contributed by atoms with Gasteiger partial charge in [-0.15, -0.1) is 11.3 Å². The van der Waals surface area contributed by atoms with Crippen molar-refractivity contribution in [2.75, 3.05) is 0 Å². The van der Waals surface area contributed by atoms with Crippen LogP contribution in [0.4, 0.5) is 17.6 Å². The molecule has 0 aromatic carbocycles. The molecule has 0 saturated heterocycles. The molecule has 1 aliphatic heterocycles. The van der Waals surface area contributed by atoms with Crippen LogP contribution in [0.2, 0.25) is 0 Å². The van der Waals surface area contributed by atoms with Gasteiger partial charge < -0.3 is 15.1 Å². The van der Waals surface area contributed by atoms with Crippen LogP contribution in [0.1, 0.15) is 29.4 Å². The van der Waals surface area contributed by atoms with E-state index in [0.717, 1.165) is 6.08 Å². The third-order valence-electron chi connectivity index (χ3n) is 4.32. The Bertz CT molecular complexity index is 945. The zero-order chi connectivity index (χ0) is 20.8. The van der Waals surface area contributed by atoms with Crippen LogP contribution >= 0.6 is 23.1 Å². The number of nitrogens with zero attached hydrogens (tertiary/aromatic N) is 1. The van der Waals surface area contributed by atoms with Crippen LogP contribution < -0.4 is 0 Å². The highest BCUT2D eigenvalue weighted by Gasteiger charge is 2.42. The quantitative estimate of drug-likeness (QED) is 0.514. The minimum absolute atomic E-state index is 0.0150. The van der Waals surface area contributed by atoms with E-state index in [4.69, 9.17) is 5.11 Å². The first-order valence-corrected chi connectivity index (χ1v) is 9.51. The van der Waals surface area contributed by atoms with E-state index in [0.29, 0.717) is 16.9 Å². The normalized spacial score (nSPS) is 19.8. The maximum Gasteiger partial charge on any atom is 0.447 e. The monoisotopic (exact) mass is 435 g/mol. The predicted molar refractivity (Wildman–Crippen MR) is 94.6 cm³/mol. The summed E-state index contributed by atoms with van der Waals surface area (Å²) < 4.78 is 51.4. The first kappa shape index (κ1) is 20.5. The number of amides is 1. The zero-order valence-corrected chi connectivity index (χ0v) is 15.8. The summed E-state index contributed by atoms with van der Waals surface area (Å²) in [5, 5.41) is 18.8. The van der Waals surface area contributed by atoms with E-state index in [1.54, 1.807) is 0 Å². The number of aliphatic carboxylic acids is 1. The Hall–Kier alpha value is -2.27. The fraction of sp³-hybridized carbons (Fsp3) is 0.294. The third-order valence-corrected chi connectivity index (χ3v) is 6.25. The van der Waals surface area contributed by atoms with E-state index in [9.17, 15) is 32.3 Å².